The molecule has 1 aliphatic heterocycles. The number of methoxy groups -OCH3 is 1. The van der Waals surface area contributed by atoms with E-state index in [1.54, 1.807) is 12.0 Å². The molecule has 0 spiro atoms. The fourth-order valence-electron chi connectivity index (χ4n) is 2.98. The Morgan fingerprint density at radius 3 is 2.76 bits per heavy atom. The van der Waals surface area contributed by atoms with Crippen LogP contribution in [0.15, 0.2) is 36.4 Å². The van der Waals surface area contributed by atoms with Crippen molar-refractivity contribution in [1.82, 2.24) is 10.2 Å². The predicted molar refractivity (Wildman–Crippen MR) is 101 cm³/mol. The lowest BCUT2D eigenvalue weighted by molar-refractivity contribution is -0.131. The number of benzene rings is 2. The lowest BCUT2D eigenvalue weighted by Gasteiger charge is -2.25. The first-order valence-corrected chi connectivity index (χ1v) is 8.27. The van der Waals surface area contributed by atoms with Crippen molar-refractivity contribution in [3.05, 3.63) is 42.0 Å². The number of morpholine rings is 1. The van der Waals surface area contributed by atoms with Crippen LogP contribution < -0.4 is 10.1 Å². The van der Waals surface area contributed by atoms with E-state index in [0.717, 1.165) is 35.2 Å². The van der Waals surface area contributed by atoms with Crippen LogP contribution in [0.4, 0.5) is 0 Å². The molecule has 0 saturated carbocycles. The van der Waals surface area contributed by atoms with E-state index in [9.17, 15) is 4.79 Å². The molecule has 1 atom stereocenters. The third kappa shape index (κ3) is 5.08. The number of carbonyl (C=O) groups is 1. The molecule has 2 aromatic carbocycles. The second-order valence-corrected chi connectivity index (χ2v) is 6.23. The highest BCUT2D eigenvalue weighted by Gasteiger charge is 2.19. The van der Waals surface area contributed by atoms with Crippen molar-refractivity contribution in [3.8, 4) is 5.75 Å². The lowest BCUT2D eigenvalue weighted by atomic mass is 10.1. The molecule has 1 saturated heterocycles. The van der Waals surface area contributed by atoms with Gasteiger partial charge in [0.15, 0.2) is 0 Å². The van der Waals surface area contributed by atoms with Crippen molar-refractivity contribution in [2.45, 2.75) is 19.0 Å². The van der Waals surface area contributed by atoms with E-state index in [2.05, 4.69) is 23.5 Å². The van der Waals surface area contributed by atoms with Crippen molar-refractivity contribution < 1.29 is 14.3 Å². The molecule has 0 bridgehead atoms. The smallest absolute Gasteiger partial charge is 0.224 e. The first-order valence-electron chi connectivity index (χ1n) is 8.27. The van der Waals surface area contributed by atoms with Crippen LogP contribution in [0, 0.1) is 0 Å². The van der Waals surface area contributed by atoms with Crippen LogP contribution in [0.2, 0.25) is 0 Å². The van der Waals surface area contributed by atoms with E-state index < -0.39 is 0 Å². The minimum atomic E-state index is 0. The molecular formula is C19H25ClN2O3. The molecule has 25 heavy (non-hydrogen) atoms. The second kappa shape index (κ2) is 9.04. The monoisotopic (exact) mass is 364 g/mol. The summed E-state index contributed by atoms with van der Waals surface area (Å²) in [6.45, 7) is 2.75. The van der Waals surface area contributed by atoms with Gasteiger partial charge in [-0.3, -0.25) is 4.79 Å². The van der Waals surface area contributed by atoms with Gasteiger partial charge in [0, 0.05) is 32.6 Å². The number of amides is 1. The van der Waals surface area contributed by atoms with Crippen molar-refractivity contribution in [2.75, 3.05) is 33.9 Å². The van der Waals surface area contributed by atoms with Crippen molar-refractivity contribution in [1.29, 1.82) is 0 Å². The summed E-state index contributed by atoms with van der Waals surface area (Å²) in [6, 6.07) is 12.4. The van der Waals surface area contributed by atoms with Crippen LogP contribution in [0.5, 0.6) is 5.75 Å². The van der Waals surface area contributed by atoms with Gasteiger partial charge in [-0.05, 0) is 34.5 Å². The Bertz CT molecular complexity index is 717. The van der Waals surface area contributed by atoms with Gasteiger partial charge in [-0.2, -0.15) is 0 Å². The van der Waals surface area contributed by atoms with Gasteiger partial charge in [-0.25, -0.2) is 0 Å². The largest absolute Gasteiger partial charge is 0.497 e. The molecule has 136 valence electrons. The van der Waals surface area contributed by atoms with Crippen LogP contribution in [0.1, 0.15) is 12.0 Å². The summed E-state index contributed by atoms with van der Waals surface area (Å²) in [5, 5.41) is 5.60. The lowest BCUT2D eigenvalue weighted by Crippen LogP contribution is -2.44. The Morgan fingerprint density at radius 1 is 1.28 bits per heavy atom. The highest BCUT2D eigenvalue weighted by molar-refractivity contribution is 5.85. The number of rotatable bonds is 5. The molecule has 1 amide bonds. The van der Waals surface area contributed by atoms with Gasteiger partial charge < -0.3 is 19.7 Å². The number of hydrogen-bond acceptors (Lipinski definition) is 4. The molecule has 1 aliphatic rings. The van der Waals surface area contributed by atoms with Crippen molar-refractivity contribution in [2.24, 2.45) is 0 Å². The topological polar surface area (TPSA) is 50.8 Å². The molecule has 6 heteroatoms. The van der Waals surface area contributed by atoms with Crippen LogP contribution >= 0.6 is 12.4 Å². The fourth-order valence-corrected chi connectivity index (χ4v) is 2.98. The SMILES string of the molecule is COc1ccc2cc(CN(C)C(=O)CC3COCCN3)ccc2c1.Cl. The van der Waals surface area contributed by atoms with Crippen molar-refractivity contribution >= 4 is 29.1 Å². The number of nitrogens with one attached hydrogen (secondary N) is 1. The molecule has 1 unspecified atom stereocenters. The quantitative estimate of drug-likeness (QED) is 0.886. The predicted octanol–water partition coefficient (Wildman–Crippen LogP) is 2.61. The highest BCUT2D eigenvalue weighted by Crippen LogP contribution is 2.22. The van der Waals surface area contributed by atoms with Crippen LogP contribution in [0.25, 0.3) is 10.8 Å². The number of fused-ring (bicyclic) bond motifs is 1. The number of ether oxygens (including phenoxy) is 2. The maximum atomic E-state index is 12.4. The van der Waals surface area contributed by atoms with E-state index in [0.29, 0.717) is 19.6 Å². The molecule has 1 N–H and O–H groups in total. The summed E-state index contributed by atoms with van der Waals surface area (Å²) >= 11 is 0. The molecule has 3 rings (SSSR count). The molecule has 2 aromatic rings. The van der Waals surface area contributed by atoms with Crippen molar-refractivity contribution in [3.63, 3.8) is 0 Å². The Balaban J connectivity index is 0.00000225. The minimum absolute atomic E-state index is 0. The van der Waals surface area contributed by atoms with Gasteiger partial charge in [0.1, 0.15) is 5.75 Å². The molecule has 0 aliphatic carbocycles. The van der Waals surface area contributed by atoms with E-state index in [1.807, 2.05) is 25.2 Å². The molecule has 5 nitrogen and oxygen atoms in total. The van der Waals surface area contributed by atoms with Gasteiger partial charge in [-0.1, -0.05) is 18.2 Å². The van der Waals surface area contributed by atoms with Gasteiger partial charge in [0.25, 0.3) is 0 Å². The molecule has 1 heterocycles. The van der Waals surface area contributed by atoms with E-state index >= 15 is 0 Å². The number of carbonyl (C=O) groups excluding carboxylic acids is 1. The minimum Gasteiger partial charge on any atom is -0.497 e. The molecule has 1 fully saturated rings. The summed E-state index contributed by atoms with van der Waals surface area (Å²) in [6.07, 6.45) is 0.473. The Hall–Kier alpha value is -1.82. The maximum Gasteiger partial charge on any atom is 0.224 e. The first kappa shape index (κ1) is 19.5. The zero-order chi connectivity index (χ0) is 16.9. The number of halogens is 1. The second-order valence-electron chi connectivity index (χ2n) is 6.23. The standard InChI is InChI=1S/C19H24N2O3.ClH/c1-21(19(22)11-17-13-24-8-7-20-17)12-14-3-4-16-10-18(23-2)6-5-15(16)9-14;/h3-6,9-10,17,20H,7-8,11-13H2,1-2H3;1H. The highest BCUT2D eigenvalue weighted by atomic mass is 35.5. The Morgan fingerprint density at radius 2 is 2.04 bits per heavy atom. The average molecular weight is 365 g/mol. The zero-order valence-corrected chi connectivity index (χ0v) is 15.5. The van der Waals surface area contributed by atoms with E-state index in [4.69, 9.17) is 9.47 Å². The van der Waals surface area contributed by atoms with Gasteiger partial charge in [0.2, 0.25) is 5.91 Å². The van der Waals surface area contributed by atoms with Gasteiger partial charge in [-0.15, -0.1) is 12.4 Å². The Labute approximate surface area is 154 Å². The van der Waals surface area contributed by atoms with Gasteiger partial charge in [0.05, 0.1) is 20.3 Å². The normalized spacial score (nSPS) is 17.0. The fraction of sp³-hybridized carbons (Fsp3) is 0.421. The van der Waals surface area contributed by atoms with E-state index in [1.165, 1.54) is 0 Å². The summed E-state index contributed by atoms with van der Waals surface area (Å²) < 4.78 is 10.7. The number of nitrogens with zero attached hydrogens (tertiary/aromatic N) is 1. The zero-order valence-electron chi connectivity index (χ0n) is 14.7. The maximum absolute atomic E-state index is 12.4. The van der Waals surface area contributed by atoms with E-state index in [-0.39, 0.29) is 24.4 Å². The van der Waals surface area contributed by atoms with Gasteiger partial charge >= 0.3 is 0 Å². The summed E-state index contributed by atoms with van der Waals surface area (Å²) in [5.41, 5.74) is 1.12. The third-order valence-electron chi connectivity index (χ3n) is 4.38. The number of hydrogen-bond donors (Lipinski definition) is 1. The first-order chi connectivity index (χ1) is 11.7. The molecular weight excluding hydrogens is 340 g/mol. The van der Waals surface area contributed by atoms with Crippen LogP contribution in [-0.4, -0.2) is 50.8 Å². The molecule has 0 aromatic heterocycles. The summed E-state index contributed by atoms with van der Waals surface area (Å²) in [7, 11) is 3.52. The van der Waals surface area contributed by atoms with Crippen LogP contribution in [0.3, 0.4) is 0 Å². The van der Waals surface area contributed by atoms with Crippen LogP contribution in [-0.2, 0) is 16.1 Å². The Kier molecular flexibility index (Phi) is 7.05. The summed E-state index contributed by atoms with van der Waals surface area (Å²) in [4.78, 5) is 14.2. The third-order valence-corrected chi connectivity index (χ3v) is 4.38. The average Bonchev–Trinajstić information content (AvgIpc) is 2.62. The summed E-state index contributed by atoms with van der Waals surface area (Å²) in [5.74, 6) is 0.984. The molecule has 0 radical (unpaired) electrons.